The highest BCUT2D eigenvalue weighted by Gasteiger charge is 2.18. The summed E-state index contributed by atoms with van der Waals surface area (Å²) in [7, 11) is 1.64. The van der Waals surface area contributed by atoms with Crippen molar-refractivity contribution in [2.75, 3.05) is 13.9 Å². The van der Waals surface area contributed by atoms with Gasteiger partial charge in [0.25, 0.3) is 0 Å². The monoisotopic (exact) mass is 389 g/mol. The van der Waals surface area contributed by atoms with Gasteiger partial charge < -0.3 is 19.5 Å². The molecule has 29 heavy (non-hydrogen) atoms. The van der Waals surface area contributed by atoms with Gasteiger partial charge in [-0.25, -0.2) is 0 Å². The number of benzene rings is 3. The minimum Gasteiger partial charge on any atom is -0.497 e. The van der Waals surface area contributed by atoms with Gasteiger partial charge in [-0.05, 0) is 47.4 Å². The van der Waals surface area contributed by atoms with Gasteiger partial charge in [0.15, 0.2) is 11.5 Å². The highest BCUT2D eigenvalue weighted by atomic mass is 16.7. The number of fused-ring (bicyclic) bond motifs is 1. The molecular weight excluding hydrogens is 366 g/mol. The van der Waals surface area contributed by atoms with Crippen molar-refractivity contribution in [3.8, 4) is 17.2 Å². The number of aryl methyl sites for hydroxylation is 1. The fourth-order valence-corrected chi connectivity index (χ4v) is 3.39. The van der Waals surface area contributed by atoms with Crippen LogP contribution in [-0.2, 0) is 11.2 Å². The lowest BCUT2D eigenvalue weighted by atomic mass is 9.98. The summed E-state index contributed by atoms with van der Waals surface area (Å²) >= 11 is 0. The molecule has 1 heterocycles. The molecule has 3 aromatic carbocycles. The zero-order valence-electron chi connectivity index (χ0n) is 16.3. The Bertz CT molecular complexity index is 970. The predicted molar refractivity (Wildman–Crippen MR) is 110 cm³/mol. The molecule has 0 radical (unpaired) electrons. The van der Waals surface area contributed by atoms with E-state index in [1.165, 1.54) is 0 Å². The third-order valence-electron chi connectivity index (χ3n) is 4.97. The van der Waals surface area contributed by atoms with Crippen molar-refractivity contribution in [3.63, 3.8) is 0 Å². The molecule has 0 fully saturated rings. The second kappa shape index (κ2) is 8.69. The molecule has 0 bridgehead atoms. The summed E-state index contributed by atoms with van der Waals surface area (Å²) in [5.74, 6) is 2.27. The van der Waals surface area contributed by atoms with Crippen molar-refractivity contribution in [1.82, 2.24) is 5.32 Å². The van der Waals surface area contributed by atoms with Crippen molar-refractivity contribution in [2.24, 2.45) is 0 Å². The fraction of sp³-hybridized carbons (Fsp3) is 0.208. The van der Waals surface area contributed by atoms with Gasteiger partial charge in [-0.15, -0.1) is 0 Å². The van der Waals surface area contributed by atoms with Gasteiger partial charge in [-0.2, -0.15) is 0 Å². The molecule has 0 aliphatic carbocycles. The summed E-state index contributed by atoms with van der Waals surface area (Å²) in [6.45, 7) is 0.250. The van der Waals surface area contributed by atoms with Crippen LogP contribution in [0.15, 0.2) is 72.8 Å². The Kier molecular flexibility index (Phi) is 5.66. The number of hydrogen-bond acceptors (Lipinski definition) is 4. The van der Waals surface area contributed by atoms with Crippen LogP contribution in [0.2, 0.25) is 0 Å². The summed E-state index contributed by atoms with van der Waals surface area (Å²) in [5.41, 5.74) is 3.09. The zero-order valence-corrected chi connectivity index (χ0v) is 16.3. The Morgan fingerprint density at radius 2 is 1.69 bits per heavy atom. The Hall–Kier alpha value is -3.47. The van der Waals surface area contributed by atoms with Crippen LogP contribution in [0.1, 0.15) is 29.2 Å². The van der Waals surface area contributed by atoms with Gasteiger partial charge in [-0.3, -0.25) is 4.79 Å². The van der Waals surface area contributed by atoms with Crippen molar-refractivity contribution in [2.45, 2.75) is 18.9 Å². The van der Waals surface area contributed by atoms with E-state index in [1.54, 1.807) is 7.11 Å². The highest BCUT2D eigenvalue weighted by Crippen LogP contribution is 2.32. The van der Waals surface area contributed by atoms with Crippen LogP contribution < -0.4 is 19.5 Å². The minimum atomic E-state index is -0.216. The molecule has 1 aliphatic heterocycles. The van der Waals surface area contributed by atoms with Crippen LogP contribution in [0.25, 0.3) is 0 Å². The average Bonchev–Trinajstić information content (AvgIpc) is 3.25. The zero-order chi connectivity index (χ0) is 20.1. The second-order valence-electron chi connectivity index (χ2n) is 6.87. The number of hydrogen-bond donors (Lipinski definition) is 1. The molecule has 148 valence electrons. The van der Waals surface area contributed by atoms with E-state index in [0.717, 1.165) is 33.9 Å². The van der Waals surface area contributed by atoms with Crippen LogP contribution in [-0.4, -0.2) is 19.8 Å². The number of carbonyl (C=O) groups excluding carboxylic acids is 1. The van der Waals surface area contributed by atoms with E-state index in [4.69, 9.17) is 14.2 Å². The molecule has 3 aromatic rings. The lowest BCUT2D eigenvalue weighted by Gasteiger charge is -2.20. The fourth-order valence-electron chi connectivity index (χ4n) is 3.39. The maximum absolute atomic E-state index is 12.7. The number of nitrogens with one attached hydrogen (secondary N) is 1. The first-order valence-corrected chi connectivity index (χ1v) is 9.60. The first-order chi connectivity index (χ1) is 14.2. The molecule has 0 aromatic heterocycles. The number of carbonyl (C=O) groups is 1. The minimum absolute atomic E-state index is 0.00709. The molecule has 0 saturated carbocycles. The molecule has 1 N–H and O–H groups in total. The van der Waals surface area contributed by atoms with Crippen LogP contribution in [0.4, 0.5) is 0 Å². The summed E-state index contributed by atoms with van der Waals surface area (Å²) in [6.07, 6.45) is 1.02. The van der Waals surface area contributed by atoms with Gasteiger partial charge in [-0.1, -0.05) is 48.5 Å². The second-order valence-corrected chi connectivity index (χ2v) is 6.87. The maximum atomic E-state index is 12.7. The molecule has 1 atom stereocenters. The van der Waals surface area contributed by atoms with Crippen molar-refractivity contribution in [1.29, 1.82) is 0 Å². The molecule has 1 unspecified atom stereocenters. The predicted octanol–water partition coefficient (Wildman–Crippen LogP) is 4.26. The summed E-state index contributed by atoms with van der Waals surface area (Å²) in [5, 5.41) is 3.17. The van der Waals surface area contributed by atoms with Crippen LogP contribution in [0.5, 0.6) is 17.2 Å². The normalized spacial score (nSPS) is 13.0. The van der Waals surface area contributed by atoms with Crippen LogP contribution in [0.3, 0.4) is 0 Å². The molecule has 0 saturated heterocycles. The molecule has 5 heteroatoms. The van der Waals surface area contributed by atoms with E-state index in [1.807, 2.05) is 72.8 Å². The summed E-state index contributed by atoms with van der Waals surface area (Å²) in [6, 6.07) is 23.3. The van der Waals surface area contributed by atoms with Crippen molar-refractivity contribution in [3.05, 3.63) is 89.5 Å². The Morgan fingerprint density at radius 1 is 0.966 bits per heavy atom. The number of rotatable bonds is 7. The largest absolute Gasteiger partial charge is 0.497 e. The van der Waals surface area contributed by atoms with E-state index in [9.17, 15) is 4.79 Å². The van der Waals surface area contributed by atoms with Gasteiger partial charge in [0.05, 0.1) is 13.2 Å². The third kappa shape index (κ3) is 4.51. The van der Waals surface area contributed by atoms with Crippen LogP contribution >= 0.6 is 0 Å². The van der Waals surface area contributed by atoms with E-state index in [-0.39, 0.29) is 18.7 Å². The Labute approximate surface area is 170 Å². The number of methoxy groups -OCH3 is 1. The number of ether oxygens (including phenoxy) is 3. The summed E-state index contributed by atoms with van der Waals surface area (Å²) in [4.78, 5) is 12.7. The first kappa shape index (κ1) is 18.9. The Balaban J connectivity index is 1.46. The quantitative estimate of drug-likeness (QED) is 0.656. The van der Waals surface area contributed by atoms with E-state index >= 15 is 0 Å². The molecular formula is C24H23NO4. The molecule has 1 amide bonds. The summed E-state index contributed by atoms with van der Waals surface area (Å²) < 4.78 is 16.0. The lowest BCUT2D eigenvalue weighted by molar-refractivity contribution is -0.121. The highest BCUT2D eigenvalue weighted by molar-refractivity contribution is 5.77. The maximum Gasteiger partial charge on any atom is 0.231 e. The van der Waals surface area contributed by atoms with Crippen molar-refractivity contribution >= 4 is 5.91 Å². The first-order valence-electron chi connectivity index (χ1n) is 9.60. The Morgan fingerprint density at radius 3 is 2.45 bits per heavy atom. The van der Waals surface area contributed by atoms with Gasteiger partial charge in [0.1, 0.15) is 5.75 Å². The van der Waals surface area contributed by atoms with Crippen molar-refractivity contribution < 1.29 is 19.0 Å². The topological polar surface area (TPSA) is 56.8 Å². The van der Waals surface area contributed by atoms with E-state index in [2.05, 4.69) is 5.32 Å². The molecule has 5 nitrogen and oxygen atoms in total. The van der Waals surface area contributed by atoms with Gasteiger partial charge in [0, 0.05) is 6.42 Å². The van der Waals surface area contributed by atoms with Gasteiger partial charge >= 0.3 is 0 Å². The number of amides is 1. The smallest absolute Gasteiger partial charge is 0.231 e. The lowest BCUT2D eigenvalue weighted by Crippen LogP contribution is -2.29. The standard InChI is InChI=1S/C24H23NO4/c1-27-20-11-9-19(10-12-20)24(18-5-3-2-4-6-18)25-23(26)14-8-17-7-13-21-22(15-17)29-16-28-21/h2-7,9-13,15,24H,8,14,16H2,1H3,(H,25,26). The molecule has 1 aliphatic rings. The average molecular weight is 389 g/mol. The van der Waals surface area contributed by atoms with Crippen LogP contribution in [0, 0.1) is 0 Å². The van der Waals surface area contributed by atoms with E-state index in [0.29, 0.717) is 12.8 Å². The van der Waals surface area contributed by atoms with Gasteiger partial charge in [0.2, 0.25) is 12.7 Å². The molecule has 0 spiro atoms. The van der Waals surface area contributed by atoms with E-state index < -0.39 is 0 Å². The third-order valence-corrected chi connectivity index (χ3v) is 4.97. The molecule has 4 rings (SSSR count). The SMILES string of the molecule is COc1ccc(C(NC(=O)CCc2ccc3c(c2)OCO3)c2ccccc2)cc1.